The molecule has 0 spiro atoms. The molecule has 1 aliphatic carbocycles. The van der Waals surface area contributed by atoms with Crippen molar-refractivity contribution in [2.75, 3.05) is 13.0 Å². The zero-order valence-corrected chi connectivity index (χ0v) is 12.0. The lowest BCUT2D eigenvalue weighted by molar-refractivity contribution is 0.00649. The summed E-state index contributed by atoms with van der Waals surface area (Å²) in [5, 5.41) is 0. The van der Waals surface area contributed by atoms with Crippen LogP contribution in [-0.4, -0.2) is 33.6 Å². The Balaban J connectivity index is 2.05. The minimum absolute atomic E-state index is 0.371. The van der Waals surface area contributed by atoms with Crippen molar-refractivity contribution in [1.82, 2.24) is 14.5 Å². The van der Waals surface area contributed by atoms with Crippen molar-refractivity contribution in [2.24, 2.45) is 0 Å². The van der Waals surface area contributed by atoms with Gasteiger partial charge >= 0.3 is 0 Å². The van der Waals surface area contributed by atoms with Crippen LogP contribution in [0.5, 0.6) is 0 Å². The standard InChI is InChI=1S/C14H18ClN3O/c1-9-4-6-16-14-13(9)17-12(3-5-15)18(14)10-7-11(8-10)19-2/h4,6,10-11H,3,5,7-8H2,1-2H3. The average molecular weight is 280 g/mol. The predicted octanol–water partition coefficient (Wildman–Crippen LogP) is 2.87. The average Bonchev–Trinajstić information content (AvgIpc) is 2.69. The van der Waals surface area contributed by atoms with Crippen molar-refractivity contribution < 1.29 is 4.74 Å². The van der Waals surface area contributed by atoms with Crippen molar-refractivity contribution in [1.29, 1.82) is 0 Å². The first-order valence-corrected chi connectivity index (χ1v) is 7.19. The van der Waals surface area contributed by atoms with E-state index in [9.17, 15) is 0 Å². The summed E-state index contributed by atoms with van der Waals surface area (Å²) in [5.41, 5.74) is 3.16. The van der Waals surface area contributed by atoms with Crippen molar-refractivity contribution >= 4 is 22.8 Å². The highest BCUT2D eigenvalue weighted by molar-refractivity contribution is 6.17. The molecule has 2 aromatic heterocycles. The Morgan fingerprint density at radius 2 is 2.26 bits per heavy atom. The van der Waals surface area contributed by atoms with Crippen LogP contribution in [0, 0.1) is 6.92 Å². The van der Waals surface area contributed by atoms with E-state index >= 15 is 0 Å². The number of rotatable bonds is 4. The Kier molecular flexibility index (Phi) is 3.46. The van der Waals surface area contributed by atoms with Gasteiger partial charge in [0.15, 0.2) is 5.65 Å². The molecule has 3 rings (SSSR count). The second-order valence-corrected chi connectivity index (χ2v) is 5.50. The number of halogens is 1. The van der Waals surface area contributed by atoms with Crippen molar-refractivity contribution in [3.63, 3.8) is 0 Å². The highest BCUT2D eigenvalue weighted by atomic mass is 35.5. The van der Waals surface area contributed by atoms with E-state index in [1.807, 2.05) is 12.3 Å². The lowest BCUT2D eigenvalue weighted by Gasteiger charge is -2.36. The molecule has 0 unspecified atom stereocenters. The largest absolute Gasteiger partial charge is 0.381 e. The van der Waals surface area contributed by atoms with Crippen LogP contribution in [-0.2, 0) is 11.2 Å². The first-order chi connectivity index (χ1) is 9.24. The molecule has 19 heavy (non-hydrogen) atoms. The smallest absolute Gasteiger partial charge is 0.160 e. The number of methoxy groups -OCH3 is 1. The van der Waals surface area contributed by atoms with E-state index in [0.29, 0.717) is 18.0 Å². The Morgan fingerprint density at radius 1 is 1.47 bits per heavy atom. The molecule has 2 aromatic rings. The Bertz CT molecular complexity index is 590. The topological polar surface area (TPSA) is 39.9 Å². The van der Waals surface area contributed by atoms with Gasteiger partial charge in [0.25, 0.3) is 0 Å². The Labute approximate surface area is 117 Å². The third-order valence-electron chi connectivity index (χ3n) is 3.94. The molecule has 0 bridgehead atoms. The number of aryl methyl sites for hydroxylation is 2. The van der Waals surface area contributed by atoms with Gasteiger partial charge in [-0.3, -0.25) is 0 Å². The molecule has 2 heterocycles. The van der Waals surface area contributed by atoms with Gasteiger partial charge in [-0.15, -0.1) is 11.6 Å². The summed E-state index contributed by atoms with van der Waals surface area (Å²) in [6, 6.07) is 2.45. The van der Waals surface area contributed by atoms with E-state index in [4.69, 9.17) is 21.3 Å². The molecule has 0 amide bonds. The molecular weight excluding hydrogens is 262 g/mol. The lowest BCUT2D eigenvalue weighted by Crippen LogP contribution is -2.33. The summed E-state index contributed by atoms with van der Waals surface area (Å²) in [6.45, 7) is 2.07. The predicted molar refractivity (Wildman–Crippen MR) is 75.8 cm³/mol. The van der Waals surface area contributed by atoms with E-state index in [1.54, 1.807) is 7.11 Å². The summed E-state index contributed by atoms with van der Waals surface area (Å²) in [4.78, 5) is 9.25. The normalized spacial score (nSPS) is 22.7. The van der Waals surface area contributed by atoms with Gasteiger partial charge in [0, 0.05) is 31.6 Å². The number of hydrogen-bond acceptors (Lipinski definition) is 3. The molecule has 0 N–H and O–H groups in total. The monoisotopic (exact) mass is 279 g/mol. The van der Waals surface area contributed by atoms with E-state index in [0.717, 1.165) is 36.3 Å². The molecule has 0 aliphatic heterocycles. The van der Waals surface area contributed by atoms with Crippen molar-refractivity contribution in [3.8, 4) is 0 Å². The summed E-state index contributed by atoms with van der Waals surface area (Å²) in [7, 11) is 1.77. The van der Waals surface area contributed by atoms with Gasteiger partial charge in [-0.1, -0.05) is 0 Å². The van der Waals surface area contributed by atoms with Crippen LogP contribution in [0.1, 0.15) is 30.3 Å². The van der Waals surface area contributed by atoms with Gasteiger partial charge in [-0.25, -0.2) is 9.97 Å². The van der Waals surface area contributed by atoms with E-state index in [1.165, 1.54) is 5.56 Å². The van der Waals surface area contributed by atoms with Crippen LogP contribution in [0.15, 0.2) is 12.3 Å². The quantitative estimate of drug-likeness (QED) is 0.808. The van der Waals surface area contributed by atoms with E-state index in [2.05, 4.69) is 16.5 Å². The SMILES string of the molecule is COC1CC(n2c(CCCl)nc3c(C)ccnc32)C1. The maximum absolute atomic E-state index is 5.90. The number of imidazole rings is 1. The molecule has 0 radical (unpaired) electrons. The molecule has 102 valence electrons. The van der Waals surface area contributed by atoms with Crippen LogP contribution in [0.25, 0.3) is 11.2 Å². The van der Waals surface area contributed by atoms with Crippen LogP contribution in [0.2, 0.25) is 0 Å². The summed E-state index contributed by atoms with van der Waals surface area (Å²) < 4.78 is 7.63. The van der Waals surface area contributed by atoms with Gasteiger partial charge in [-0.05, 0) is 31.4 Å². The van der Waals surface area contributed by atoms with Gasteiger partial charge in [0.2, 0.25) is 0 Å². The second kappa shape index (κ2) is 5.10. The third-order valence-corrected chi connectivity index (χ3v) is 4.13. The Hall–Kier alpha value is -1.13. The first kappa shape index (κ1) is 12.9. The van der Waals surface area contributed by atoms with Crippen molar-refractivity contribution in [2.45, 2.75) is 38.3 Å². The molecule has 1 aliphatic rings. The number of nitrogens with zero attached hydrogens (tertiary/aromatic N) is 3. The second-order valence-electron chi connectivity index (χ2n) is 5.12. The summed E-state index contributed by atoms with van der Waals surface area (Å²) in [5.74, 6) is 1.63. The first-order valence-electron chi connectivity index (χ1n) is 6.65. The Morgan fingerprint density at radius 3 is 2.95 bits per heavy atom. The summed E-state index contributed by atoms with van der Waals surface area (Å²) in [6.07, 6.45) is 5.08. The van der Waals surface area contributed by atoms with E-state index in [-0.39, 0.29) is 0 Å². The number of alkyl halides is 1. The number of fused-ring (bicyclic) bond motifs is 1. The van der Waals surface area contributed by atoms with Gasteiger partial charge in [0.1, 0.15) is 11.3 Å². The summed E-state index contributed by atoms with van der Waals surface area (Å²) >= 11 is 5.90. The highest BCUT2D eigenvalue weighted by Gasteiger charge is 2.33. The molecular formula is C14H18ClN3O. The van der Waals surface area contributed by atoms with Gasteiger partial charge < -0.3 is 9.30 Å². The van der Waals surface area contributed by atoms with E-state index < -0.39 is 0 Å². The van der Waals surface area contributed by atoms with Crippen LogP contribution in [0.3, 0.4) is 0 Å². The van der Waals surface area contributed by atoms with Crippen LogP contribution >= 0.6 is 11.6 Å². The molecule has 4 nitrogen and oxygen atoms in total. The zero-order valence-electron chi connectivity index (χ0n) is 11.3. The fourth-order valence-electron chi connectivity index (χ4n) is 2.74. The molecule has 1 fully saturated rings. The maximum Gasteiger partial charge on any atom is 0.160 e. The number of aromatic nitrogens is 3. The molecule has 5 heteroatoms. The van der Waals surface area contributed by atoms with Crippen LogP contribution < -0.4 is 0 Å². The lowest BCUT2D eigenvalue weighted by atomic mass is 9.89. The maximum atomic E-state index is 5.90. The third kappa shape index (κ3) is 2.13. The molecule has 0 saturated heterocycles. The molecule has 1 saturated carbocycles. The molecule has 0 atom stereocenters. The minimum Gasteiger partial charge on any atom is -0.381 e. The molecule has 0 aromatic carbocycles. The van der Waals surface area contributed by atoms with Gasteiger partial charge in [-0.2, -0.15) is 0 Å². The number of hydrogen-bond donors (Lipinski definition) is 0. The van der Waals surface area contributed by atoms with Crippen molar-refractivity contribution in [3.05, 3.63) is 23.7 Å². The fraction of sp³-hybridized carbons (Fsp3) is 0.571. The van der Waals surface area contributed by atoms with Gasteiger partial charge in [0.05, 0.1) is 6.10 Å². The number of pyridine rings is 1. The highest BCUT2D eigenvalue weighted by Crippen LogP contribution is 2.37. The number of ether oxygens (including phenoxy) is 1. The van der Waals surface area contributed by atoms with Crippen LogP contribution in [0.4, 0.5) is 0 Å². The minimum atomic E-state index is 0.371. The fourth-order valence-corrected chi connectivity index (χ4v) is 2.91. The zero-order chi connectivity index (χ0) is 13.4.